The van der Waals surface area contributed by atoms with Crippen molar-refractivity contribution in [1.29, 1.82) is 0 Å². The lowest BCUT2D eigenvalue weighted by molar-refractivity contribution is -0.116. The van der Waals surface area contributed by atoms with Gasteiger partial charge in [0, 0.05) is 16.4 Å². The molecule has 1 amide bonds. The second kappa shape index (κ2) is 8.35. The van der Waals surface area contributed by atoms with Crippen molar-refractivity contribution >= 4 is 49.3 Å². The van der Waals surface area contributed by atoms with Crippen LogP contribution in [0.5, 0.6) is 0 Å². The van der Waals surface area contributed by atoms with Crippen LogP contribution in [-0.4, -0.2) is 38.5 Å². The van der Waals surface area contributed by atoms with E-state index in [9.17, 15) is 13.2 Å². The number of hydrogen-bond donors (Lipinski definition) is 1. The van der Waals surface area contributed by atoms with Crippen LogP contribution in [0.2, 0.25) is 0 Å². The number of nitrogens with zero attached hydrogens (tertiary/aromatic N) is 1. The van der Waals surface area contributed by atoms with Crippen molar-refractivity contribution in [1.82, 2.24) is 4.31 Å². The maximum Gasteiger partial charge on any atom is 0.244 e. The molecule has 0 aromatic heterocycles. The largest absolute Gasteiger partial charge is 0.324 e. The van der Waals surface area contributed by atoms with Gasteiger partial charge in [0.1, 0.15) is 0 Å². The molecule has 0 bridgehead atoms. The highest BCUT2D eigenvalue weighted by atomic mass is 79.9. The van der Waals surface area contributed by atoms with Gasteiger partial charge in [0.2, 0.25) is 15.9 Å². The molecule has 0 saturated carbocycles. The molecular weight excluding hydrogens is 424 g/mol. The topological polar surface area (TPSA) is 66.5 Å². The second-order valence-electron chi connectivity index (χ2n) is 5.44. The van der Waals surface area contributed by atoms with Crippen molar-refractivity contribution in [2.45, 2.75) is 16.7 Å². The first-order valence-corrected chi connectivity index (χ1v) is 10.9. The number of benzene rings is 2. The summed E-state index contributed by atoms with van der Waals surface area (Å²) in [5.74, 6) is -0.393. The van der Waals surface area contributed by atoms with Gasteiger partial charge in [0.25, 0.3) is 0 Å². The smallest absolute Gasteiger partial charge is 0.244 e. The van der Waals surface area contributed by atoms with Gasteiger partial charge in [-0.2, -0.15) is 4.31 Å². The van der Waals surface area contributed by atoms with E-state index in [1.807, 2.05) is 31.4 Å². The van der Waals surface area contributed by atoms with Gasteiger partial charge in [-0.25, -0.2) is 8.42 Å². The molecule has 0 unspecified atom stereocenters. The van der Waals surface area contributed by atoms with Gasteiger partial charge < -0.3 is 5.32 Å². The lowest BCUT2D eigenvalue weighted by Gasteiger charge is -2.18. The van der Waals surface area contributed by atoms with Crippen molar-refractivity contribution < 1.29 is 13.2 Å². The third-order valence-corrected chi connectivity index (χ3v) is 7.10. The summed E-state index contributed by atoms with van der Waals surface area (Å²) >= 11 is 4.79. The molecule has 8 heteroatoms. The monoisotopic (exact) mass is 442 g/mol. The number of anilines is 1. The third kappa shape index (κ3) is 4.84. The highest BCUT2D eigenvalue weighted by Crippen LogP contribution is 2.26. The molecule has 0 saturated heterocycles. The van der Waals surface area contributed by atoms with Crippen molar-refractivity contribution in [3.8, 4) is 0 Å². The normalized spacial score (nSPS) is 11.6. The summed E-state index contributed by atoms with van der Waals surface area (Å²) < 4.78 is 26.9. The molecule has 2 rings (SSSR count). The Morgan fingerprint density at radius 1 is 1.24 bits per heavy atom. The first kappa shape index (κ1) is 20.0. The van der Waals surface area contributed by atoms with E-state index < -0.39 is 15.9 Å². The number of likely N-dealkylation sites (N-methyl/N-ethyl adjacent to an activating group) is 1. The molecule has 0 aliphatic carbocycles. The van der Waals surface area contributed by atoms with Crippen LogP contribution < -0.4 is 5.32 Å². The maximum atomic E-state index is 12.7. The number of aryl methyl sites for hydroxylation is 1. The molecule has 5 nitrogen and oxygen atoms in total. The molecule has 0 aliphatic rings. The van der Waals surface area contributed by atoms with E-state index >= 15 is 0 Å². The van der Waals surface area contributed by atoms with Crippen LogP contribution in [0.3, 0.4) is 0 Å². The third-order valence-electron chi connectivity index (χ3n) is 3.52. The van der Waals surface area contributed by atoms with Crippen molar-refractivity contribution in [2.24, 2.45) is 0 Å². The number of thioether (sulfide) groups is 1. The van der Waals surface area contributed by atoms with E-state index in [4.69, 9.17) is 0 Å². The molecular formula is C17H19BrN2O3S2. The second-order valence-corrected chi connectivity index (χ2v) is 9.16. The van der Waals surface area contributed by atoms with Gasteiger partial charge in [-0.1, -0.05) is 18.2 Å². The minimum Gasteiger partial charge on any atom is -0.324 e. The summed E-state index contributed by atoms with van der Waals surface area (Å²) in [6, 6.07) is 12.4. The zero-order valence-electron chi connectivity index (χ0n) is 14.1. The number of carbonyl (C=O) groups excluding carboxylic acids is 1. The predicted molar refractivity (Wildman–Crippen MR) is 106 cm³/mol. The number of amides is 1. The van der Waals surface area contributed by atoms with Crippen LogP contribution in [0.1, 0.15) is 5.56 Å². The van der Waals surface area contributed by atoms with Crippen molar-refractivity contribution in [2.75, 3.05) is 25.2 Å². The predicted octanol–water partition coefficient (Wildman–Crippen LogP) is 3.74. The van der Waals surface area contributed by atoms with E-state index in [2.05, 4.69) is 21.2 Å². The number of para-hydroxylation sites is 1. The molecule has 2 aromatic carbocycles. The van der Waals surface area contributed by atoms with Crippen molar-refractivity contribution in [3.05, 3.63) is 52.5 Å². The van der Waals surface area contributed by atoms with Crippen LogP contribution in [-0.2, 0) is 14.8 Å². The molecule has 0 fully saturated rings. The number of nitrogens with one attached hydrogen (secondary N) is 1. The van der Waals surface area contributed by atoms with Crippen LogP contribution in [0.4, 0.5) is 5.69 Å². The number of carbonyl (C=O) groups is 1. The summed E-state index contributed by atoms with van der Waals surface area (Å²) in [6.45, 7) is 1.60. The summed E-state index contributed by atoms with van der Waals surface area (Å²) in [6.07, 6.45) is 1.91. The zero-order chi connectivity index (χ0) is 18.6. The average molecular weight is 443 g/mol. The van der Waals surface area contributed by atoms with Gasteiger partial charge in [-0.05, 0) is 58.9 Å². The number of hydrogen-bond acceptors (Lipinski definition) is 4. The highest BCUT2D eigenvalue weighted by molar-refractivity contribution is 9.10. The Labute approximate surface area is 161 Å². The first-order chi connectivity index (χ1) is 11.8. The summed E-state index contributed by atoms with van der Waals surface area (Å²) in [5, 5.41) is 2.76. The molecule has 0 radical (unpaired) electrons. The summed E-state index contributed by atoms with van der Waals surface area (Å²) in [7, 11) is -2.38. The van der Waals surface area contributed by atoms with E-state index in [0.717, 1.165) is 14.8 Å². The fourth-order valence-electron chi connectivity index (χ4n) is 2.21. The molecule has 2 aromatic rings. The zero-order valence-corrected chi connectivity index (χ0v) is 17.3. The summed E-state index contributed by atoms with van der Waals surface area (Å²) in [4.78, 5) is 13.3. The fourth-order valence-corrected chi connectivity index (χ4v) is 5.04. The van der Waals surface area contributed by atoms with Gasteiger partial charge in [-0.15, -0.1) is 11.8 Å². The van der Waals surface area contributed by atoms with Crippen LogP contribution in [0, 0.1) is 6.92 Å². The Kier molecular flexibility index (Phi) is 6.67. The number of halogens is 1. The van der Waals surface area contributed by atoms with Crippen molar-refractivity contribution in [3.63, 3.8) is 0 Å². The Hall–Kier alpha value is -1.35. The number of sulfonamides is 1. The van der Waals surface area contributed by atoms with E-state index in [-0.39, 0.29) is 11.4 Å². The van der Waals surface area contributed by atoms with E-state index in [1.54, 1.807) is 18.2 Å². The molecule has 0 spiro atoms. The quantitative estimate of drug-likeness (QED) is 0.691. The van der Waals surface area contributed by atoms with Crippen LogP contribution >= 0.6 is 27.7 Å². The number of rotatable bonds is 6. The SMILES string of the molecule is CSc1ccccc1NC(=O)CN(C)S(=O)(=O)c1ccc(C)cc1Br. The van der Waals surface area contributed by atoms with Crippen LogP contribution in [0.25, 0.3) is 0 Å². The first-order valence-electron chi connectivity index (χ1n) is 7.41. The standard InChI is InChI=1S/C17H19BrN2O3S2/c1-12-8-9-16(13(18)10-12)25(22,23)20(2)11-17(21)19-14-6-4-5-7-15(14)24-3/h4-10H,11H2,1-3H3,(H,19,21). The average Bonchev–Trinajstić information content (AvgIpc) is 2.54. The summed E-state index contributed by atoms with van der Waals surface area (Å²) in [5.41, 5.74) is 1.61. The molecule has 134 valence electrons. The Morgan fingerprint density at radius 3 is 2.56 bits per heavy atom. The lowest BCUT2D eigenvalue weighted by Crippen LogP contribution is -2.35. The molecule has 0 aliphatic heterocycles. The lowest BCUT2D eigenvalue weighted by atomic mass is 10.2. The van der Waals surface area contributed by atoms with Crippen LogP contribution in [0.15, 0.2) is 56.7 Å². The molecule has 25 heavy (non-hydrogen) atoms. The fraction of sp³-hybridized carbons (Fsp3) is 0.235. The minimum absolute atomic E-state index is 0.137. The Balaban J connectivity index is 2.15. The molecule has 0 atom stereocenters. The molecule has 0 heterocycles. The van der Waals surface area contributed by atoms with Gasteiger partial charge in [-0.3, -0.25) is 4.79 Å². The van der Waals surface area contributed by atoms with E-state index in [0.29, 0.717) is 10.2 Å². The van der Waals surface area contributed by atoms with Gasteiger partial charge in [0.05, 0.1) is 17.1 Å². The Bertz CT molecular complexity index is 885. The maximum absolute atomic E-state index is 12.7. The Morgan fingerprint density at radius 2 is 1.92 bits per heavy atom. The minimum atomic E-state index is -3.77. The molecule has 1 N–H and O–H groups in total. The van der Waals surface area contributed by atoms with Gasteiger partial charge >= 0.3 is 0 Å². The highest BCUT2D eigenvalue weighted by Gasteiger charge is 2.25. The van der Waals surface area contributed by atoms with E-state index in [1.165, 1.54) is 24.9 Å². The van der Waals surface area contributed by atoms with Gasteiger partial charge in [0.15, 0.2) is 0 Å².